The maximum Gasteiger partial charge on any atom is 0.274 e. The first-order valence-corrected chi connectivity index (χ1v) is 8.09. The molecular weight excluding hydrogens is 302 g/mol. The van der Waals surface area contributed by atoms with Crippen molar-refractivity contribution < 1.29 is 9.59 Å². The third-order valence-electron chi connectivity index (χ3n) is 3.50. The molecule has 1 aromatic carbocycles. The van der Waals surface area contributed by atoms with E-state index in [4.69, 9.17) is 0 Å². The van der Waals surface area contributed by atoms with Crippen molar-refractivity contribution in [3.63, 3.8) is 0 Å². The molecule has 0 atom stereocenters. The third-order valence-corrected chi connectivity index (χ3v) is 3.50. The van der Waals surface area contributed by atoms with E-state index in [-0.39, 0.29) is 23.2 Å². The normalized spacial score (nSPS) is 10.5. The van der Waals surface area contributed by atoms with Gasteiger partial charge in [0.1, 0.15) is 11.4 Å². The number of anilines is 1. The number of carbonyl (C=O) groups excluding carboxylic acids is 2. The van der Waals surface area contributed by atoms with Gasteiger partial charge in [-0.3, -0.25) is 9.59 Å². The smallest absolute Gasteiger partial charge is 0.274 e. The van der Waals surface area contributed by atoms with Gasteiger partial charge in [0.2, 0.25) is 0 Å². The molecule has 0 aliphatic carbocycles. The number of pyridine rings is 1. The lowest BCUT2D eigenvalue weighted by molar-refractivity contribution is 0.0947. The third kappa shape index (κ3) is 5.19. The van der Waals surface area contributed by atoms with Crippen molar-refractivity contribution in [2.75, 3.05) is 11.9 Å². The van der Waals surface area contributed by atoms with Crippen LogP contribution in [-0.4, -0.2) is 23.3 Å². The summed E-state index contributed by atoms with van der Waals surface area (Å²) in [6, 6.07) is 12.4. The van der Waals surface area contributed by atoms with E-state index in [9.17, 15) is 9.59 Å². The molecule has 0 bridgehead atoms. The number of hydrogen-bond acceptors (Lipinski definition) is 3. The zero-order valence-corrected chi connectivity index (χ0v) is 14.3. The first-order valence-electron chi connectivity index (χ1n) is 8.09. The Balaban J connectivity index is 2.03. The van der Waals surface area contributed by atoms with Gasteiger partial charge in [0.15, 0.2) is 0 Å². The summed E-state index contributed by atoms with van der Waals surface area (Å²) < 4.78 is 0. The molecule has 5 nitrogen and oxygen atoms in total. The average molecular weight is 325 g/mol. The number of amides is 2. The Kier molecular flexibility index (Phi) is 6.07. The topological polar surface area (TPSA) is 71.1 Å². The number of carbonyl (C=O) groups is 2. The van der Waals surface area contributed by atoms with Gasteiger partial charge in [-0.2, -0.15) is 0 Å². The molecule has 2 amide bonds. The highest BCUT2D eigenvalue weighted by Crippen LogP contribution is 2.11. The number of hydrogen-bond donors (Lipinski definition) is 2. The van der Waals surface area contributed by atoms with E-state index in [2.05, 4.69) is 29.5 Å². The largest absolute Gasteiger partial charge is 0.351 e. The highest BCUT2D eigenvalue weighted by molar-refractivity contribution is 6.03. The molecule has 5 heteroatoms. The minimum Gasteiger partial charge on any atom is -0.351 e. The Hall–Kier alpha value is -2.69. The second-order valence-corrected chi connectivity index (χ2v) is 6.17. The van der Waals surface area contributed by atoms with Crippen molar-refractivity contribution in [1.82, 2.24) is 10.3 Å². The molecule has 1 heterocycles. The summed E-state index contributed by atoms with van der Waals surface area (Å²) in [5.41, 5.74) is 2.22. The number of benzene rings is 1. The SMILES string of the molecule is Cc1cccc(NC(=O)c2cccc(C(=O)NCCC(C)C)n2)c1. The van der Waals surface area contributed by atoms with Crippen molar-refractivity contribution >= 4 is 17.5 Å². The molecule has 1 aromatic heterocycles. The van der Waals surface area contributed by atoms with E-state index in [1.54, 1.807) is 18.2 Å². The van der Waals surface area contributed by atoms with Crippen LogP contribution in [-0.2, 0) is 0 Å². The average Bonchev–Trinajstić information content (AvgIpc) is 2.54. The Labute approximate surface area is 142 Å². The van der Waals surface area contributed by atoms with Gasteiger partial charge in [-0.15, -0.1) is 0 Å². The molecule has 24 heavy (non-hydrogen) atoms. The highest BCUT2D eigenvalue weighted by atomic mass is 16.2. The second kappa shape index (κ2) is 8.24. The van der Waals surface area contributed by atoms with Crippen LogP contribution in [0.3, 0.4) is 0 Å². The number of aromatic nitrogens is 1. The van der Waals surface area contributed by atoms with Crippen molar-refractivity contribution in [2.45, 2.75) is 27.2 Å². The van der Waals surface area contributed by atoms with Crippen LogP contribution >= 0.6 is 0 Å². The first-order chi connectivity index (χ1) is 11.5. The van der Waals surface area contributed by atoms with Crippen LogP contribution < -0.4 is 10.6 Å². The van der Waals surface area contributed by atoms with Gasteiger partial charge in [0.25, 0.3) is 11.8 Å². The van der Waals surface area contributed by atoms with Crippen LogP contribution in [0.4, 0.5) is 5.69 Å². The van der Waals surface area contributed by atoms with Gasteiger partial charge in [-0.25, -0.2) is 4.98 Å². The van der Waals surface area contributed by atoms with Crippen molar-refractivity contribution in [3.8, 4) is 0 Å². The van der Waals surface area contributed by atoms with E-state index >= 15 is 0 Å². The molecule has 0 aliphatic rings. The van der Waals surface area contributed by atoms with Gasteiger partial charge in [-0.05, 0) is 49.1 Å². The van der Waals surface area contributed by atoms with Gasteiger partial charge < -0.3 is 10.6 Å². The molecular formula is C19H23N3O2. The molecule has 0 fully saturated rings. The van der Waals surface area contributed by atoms with Crippen LogP contribution in [0.25, 0.3) is 0 Å². The predicted octanol–water partition coefficient (Wildman–Crippen LogP) is 3.42. The summed E-state index contributed by atoms with van der Waals surface area (Å²) in [6.45, 7) is 6.75. The predicted molar refractivity (Wildman–Crippen MR) is 95.2 cm³/mol. The first kappa shape index (κ1) is 17.7. The Morgan fingerprint density at radius 3 is 2.38 bits per heavy atom. The number of nitrogens with one attached hydrogen (secondary N) is 2. The maximum absolute atomic E-state index is 12.3. The number of aryl methyl sites for hydroxylation is 1. The second-order valence-electron chi connectivity index (χ2n) is 6.17. The fourth-order valence-electron chi connectivity index (χ4n) is 2.17. The lowest BCUT2D eigenvalue weighted by Gasteiger charge is -2.08. The summed E-state index contributed by atoms with van der Waals surface area (Å²) in [6.07, 6.45) is 0.902. The van der Waals surface area contributed by atoms with Crippen LogP contribution in [0.15, 0.2) is 42.5 Å². The van der Waals surface area contributed by atoms with Crippen LogP contribution in [0, 0.1) is 12.8 Å². The van der Waals surface area contributed by atoms with Gasteiger partial charge >= 0.3 is 0 Å². The van der Waals surface area contributed by atoms with E-state index in [0.717, 1.165) is 12.0 Å². The summed E-state index contributed by atoms with van der Waals surface area (Å²) in [4.78, 5) is 28.6. The monoisotopic (exact) mass is 325 g/mol. The van der Waals surface area contributed by atoms with E-state index < -0.39 is 0 Å². The Bertz CT molecular complexity index is 726. The van der Waals surface area contributed by atoms with Crippen LogP contribution in [0.2, 0.25) is 0 Å². The maximum atomic E-state index is 12.3. The lowest BCUT2D eigenvalue weighted by Crippen LogP contribution is -2.27. The molecule has 2 N–H and O–H groups in total. The van der Waals surface area contributed by atoms with Gasteiger partial charge in [0.05, 0.1) is 0 Å². The summed E-state index contributed by atoms with van der Waals surface area (Å²) >= 11 is 0. The molecule has 2 rings (SSSR count). The number of nitrogens with zero attached hydrogens (tertiary/aromatic N) is 1. The van der Waals surface area contributed by atoms with E-state index in [1.165, 1.54) is 0 Å². The summed E-state index contributed by atoms with van der Waals surface area (Å²) in [7, 11) is 0. The minimum atomic E-state index is -0.336. The molecule has 0 saturated carbocycles. The van der Waals surface area contributed by atoms with Crippen LogP contribution in [0.5, 0.6) is 0 Å². The molecule has 0 spiro atoms. The molecule has 2 aromatic rings. The van der Waals surface area contributed by atoms with Crippen molar-refractivity contribution in [1.29, 1.82) is 0 Å². The Morgan fingerprint density at radius 2 is 1.71 bits per heavy atom. The van der Waals surface area contributed by atoms with E-state index in [1.807, 2.05) is 31.2 Å². The van der Waals surface area contributed by atoms with Crippen LogP contribution in [0.1, 0.15) is 46.8 Å². The molecule has 126 valence electrons. The zero-order chi connectivity index (χ0) is 17.5. The van der Waals surface area contributed by atoms with Gasteiger partial charge in [-0.1, -0.05) is 32.0 Å². The molecule has 0 radical (unpaired) electrons. The quantitative estimate of drug-likeness (QED) is 0.855. The summed E-state index contributed by atoms with van der Waals surface area (Å²) in [5, 5.41) is 5.61. The standard InChI is InChI=1S/C19H23N3O2/c1-13(2)10-11-20-18(23)16-8-5-9-17(22-16)19(24)21-15-7-4-6-14(3)12-15/h4-9,12-13H,10-11H2,1-3H3,(H,20,23)(H,21,24). The fourth-order valence-corrected chi connectivity index (χ4v) is 2.17. The molecule has 0 unspecified atom stereocenters. The minimum absolute atomic E-state index is 0.216. The Morgan fingerprint density at radius 1 is 1.04 bits per heavy atom. The fraction of sp³-hybridized carbons (Fsp3) is 0.316. The van der Waals surface area contributed by atoms with Crippen molar-refractivity contribution in [3.05, 3.63) is 59.4 Å². The summed E-state index contributed by atoms with van der Waals surface area (Å²) in [5.74, 6) is -0.0806. The van der Waals surface area contributed by atoms with E-state index in [0.29, 0.717) is 18.2 Å². The zero-order valence-electron chi connectivity index (χ0n) is 14.3. The van der Waals surface area contributed by atoms with Crippen molar-refractivity contribution in [2.24, 2.45) is 5.92 Å². The van der Waals surface area contributed by atoms with Gasteiger partial charge in [0, 0.05) is 12.2 Å². The molecule has 0 aliphatic heterocycles. The lowest BCUT2D eigenvalue weighted by atomic mass is 10.1. The molecule has 0 saturated heterocycles. The highest BCUT2D eigenvalue weighted by Gasteiger charge is 2.12. The number of rotatable bonds is 6.